The first-order valence-corrected chi connectivity index (χ1v) is 15.4. The van der Waals surface area contributed by atoms with Crippen LogP contribution < -0.4 is 0 Å². The van der Waals surface area contributed by atoms with E-state index in [1.165, 1.54) is 5.39 Å². The maximum atomic E-state index is 6.55. The van der Waals surface area contributed by atoms with Gasteiger partial charge in [0.15, 0.2) is 5.82 Å². The zero-order chi connectivity index (χ0) is 30.2. The first-order valence-electron chi connectivity index (χ1n) is 15.4. The van der Waals surface area contributed by atoms with Crippen LogP contribution in [0.15, 0.2) is 154 Å². The monoisotopic (exact) mass is 588 g/mol. The van der Waals surface area contributed by atoms with Crippen molar-refractivity contribution in [1.29, 1.82) is 0 Å². The van der Waals surface area contributed by atoms with Crippen molar-refractivity contribution in [1.82, 2.24) is 9.97 Å². The van der Waals surface area contributed by atoms with Crippen molar-refractivity contribution < 1.29 is 8.83 Å². The highest BCUT2D eigenvalue weighted by Gasteiger charge is 2.20. The third-order valence-corrected chi connectivity index (χ3v) is 9.08. The molecule has 0 aliphatic carbocycles. The SMILES string of the molecule is c1ccc2cc(-c3nc(-c4cccc5oc6ccccc6c45)cc(-c4cccc5oc6c7ccccc7ccc6c45)n3)ccc2c1. The largest absolute Gasteiger partial charge is 0.456 e. The summed E-state index contributed by atoms with van der Waals surface area (Å²) in [5.74, 6) is 0.665. The van der Waals surface area contributed by atoms with E-state index in [9.17, 15) is 0 Å². The molecule has 7 aromatic carbocycles. The molecule has 10 rings (SSSR count). The lowest BCUT2D eigenvalue weighted by Gasteiger charge is -2.11. The molecule has 3 aromatic heterocycles. The summed E-state index contributed by atoms with van der Waals surface area (Å²) in [6.07, 6.45) is 0. The minimum absolute atomic E-state index is 0.665. The second-order valence-electron chi connectivity index (χ2n) is 11.7. The van der Waals surface area contributed by atoms with Crippen LogP contribution in [0.3, 0.4) is 0 Å². The molecule has 3 heterocycles. The molecule has 0 radical (unpaired) electrons. The zero-order valence-electron chi connectivity index (χ0n) is 24.6. The number of para-hydroxylation sites is 1. The van der Waals surface area contributed by atoms with Gasteiger partial charge in [0.1, 0.15) is 22.3 Å². The van der Waals surface area contributed by atoms with Crippen LogP contribution in [0.1, 0.15) is 0 Å². The van der Waals surface area contributed by atoms with Gasteiger partial charge in [-0.15, -0.1) is 0 Å². The van der Waals surface area contributed by atoms with Crippen molar-refractivity contribution >= 4 is 65.4 Å². The van der Waals surface area contributed by atoms with Gasteiger partial charge in [-0.05, 0) is 52.6 Å². The fourth-order valence-electron chi connectivity index (χ4n) is 6.94. The van der Waals surface area contributed by atoms with Gasteiger partial charge in [0.25, 0.3) is 0 Å². The average Bonchev–Trinajstić information content (AvgIpc) is 3.70. The molecule has 0 spiro atoms. The smallest absolute Gasteiger partial charge is 0.160 e. The molecule has 0 unspecified atom stereocenters. The van der Waals surface area contributed by atoms with Crippen LogP contribution >= 0.6 is 0 Å². The molecule has 214 valence electrons. The number of furan rings is 2. The van der Waals surface area contributed by atoms with Crippen molar-refractivity contribution in [3.63, 3.8) is 0 Å². The van der Waals surface area contributed by atoms with Crippen molar-refractivity contribution in [3.05, 3.63) is 146 Å². The van der Waals surface area contributed by atoms with E-state index in [1.807, 2.05) is 36.4 Å². The highest BCUT2D eigenvalue weighted by Crippen LogP contribution is 2.42. The molecular formula is C42H24N2O2. The van der Waals surface area contributed by atoms with Crippen molar-refractivity contribution in [2.45, 2.75) is 0 Å². The Morgan fingerprint density at radius 3 is 1.80 bits per heavy atom. The Morgan fingerprint density at radius 2 is 1.00 bits per heavy atom. The highest BCUT2D eigenvalue weighted by molar-refractivity contribution is 6.19. The average molecular weight is 589 g/mol. The number of benzene rings is 7. The normalized spacial score (nSPS) is 11.9. The highest BCUT2D eigenvalue weighted by atomic mass is 16.3. The van der Waals surface area contributed by atoms with Crippen molar-refractivity contribution in [3.8, 4) is 33.9 Å². The quantitative estimate of drug-likeness (QED) is 0.206. The lowest BCUT2D eigenvalue weighted by molar-refractivity contribution is 0.669. The standard InChI is InChI=1S/C42H24N2O2/c1-2-11-27-23-28(20-19-25(27)9-1)42-43-34(30-14-7-17-37-39(30)32-13-5-6-16-36(32)45-37)24-35(44-42)31-15-8-18-38-40(31)33-22-21-26-10-3-4-12-29(26)41(33)46-38/h1-24H. The van der Waals surface area contributed by atoms with E-state index in [2.05, 4.69) is 109 Å². The zero-order valence-corrected chi connectivity index (χ0v) is 24.6. The van der Waals surface area contributed by atoms with Gasteiger partial charge in [-0.3, -0.25) is 0 Å². The predicted molar refractivity (Wildman–Crippen MR) is 188 cm³/mol. The maximum Gasteiger partial charge on any atom is 0.160 e. The summed E-state index contributed by atoms with van der Waals surface area (Å²) in [6.45, 7) is 0. The number of hydrogen-bond acceptors (Lipinski definition) is 4. The Bertz CT molecular complexity index is 2820. The van der Waals surface area contributed by atoms with E-state index in [0.717, 1.165) is 88.1 Å². The molecule has 0 fully saturated rings. The number of hydrogen-bond donors (Lipinski definition) is 0. The summed E-state index contributed by atoms with van der Waals surface area (Å²) in [5.41, 5.74) is 8.04. The molecule has 0 aliphatic rings. The molecule has 0 saturated heterocycles. The summed E-state index contributed by atoms with van der Waals surface area (Å²) in [7, 11) is 0. The van der Waals surface area contributed by atoms with Crippen LogP contribution in [0, 0.1) is 0 Å². The Labute approximate surface area is 263 Å². The van der Waals surface area contributed by atoms with Gasteiger partial charge < -0.3 is 8.83 Å². The van der Waals surface area contributed by atoms with Gasteiger partial charge in [-0.25, -0.2) is 9.97 Å². The van der Waals surface area contributed by atoms with Crippen molar-refractivity contribution in [2.75, 3.05) is 0 Å². The second-order valence-corrected chi connectivity index (χ2v) is 11.7. The van der Waals surface area contributed by atoms with Gasteiger partial charge in [0.05, 0.1) is 11.4 Å². The van der Waals surface area contributed by atoms with Gasteiger partial charge in [0, 0.05) is 43.6 Å². The number of nitrogens with zero attached hydrogens (tertiary/aromatic N) is 2. The molecule has 0 atom stereocenters. The summed E-state index contributed by atoms with van der Waals surface area (Å²) in [4.78, 5) is 10.5. The molecule has 0 aliphatic heterocycles. The first kappa shape index (κ1) is 25.1. The first-order chi connectivity index (χ1) is 22.8. The van der Waals surface area contributed by atoms with Gasteiger partial charge in [0.2, 0.25) is 0 Å². The minimum Gasteiger partial charge on any atom is -0.456 e. The fraction of sp³-hybridized carbons (Fsp3) is 0. The molecule has 0 amide bonds. The minimum atomic E-state index is 0.665. The van der Waals surface area contributed by atoms with Crippen LogP contribution in [-0.4, -0.2) is 9.97 Å². The predicted octanol–water partition coefficient (Wildman–Crippen LogP) is 11.6. The van der Waals surface area contributed by atoms with Crippen LogP contribution in [0.4, 0.5) is 0 Å². The van der Waals surface area contributed by atoms with Crippen LogP contribution in [0.5, 0.6) is 0 Å². The summed E-state index contributed by atoms with van der Waals surface area (Å²) in [5, 5.41) is 8.80. The van der Waals surface area contributed by atoms with Crippen molar-refractivity contribution in [2.24, 2.45) is 0 Å². The second kappa shape index (κ2) is 9.62. The lowest BCUT2D eigenvalue weighted by atomic mass is 9.98. The third kappa shape index (κ3) is 3.74. The number of rotatable bonds is 3. The van der Waals surface area contributed by atoms with E-state index < -0.39 is 0 Å². The van der Waals surface area contributed by atoms with Gasteiger partial charge in [-0.2, -0.15) is 0 Å². The van der Waals surface area contributed by atoms with Crippen LogP contribution in [0.25, 0.3) is 99.3 Å². The summed E-state index contributed by atoms with van der Waals surface area (Å²) in [6, 6.07) is 50.2. The molecule has 4 nitrogen and oxygen atoms in total. The van der Waals surface area contributed by atoms with E-state index in [1.54, 1.807) is 0 Å². The van der Waals surface area contributed by atoms with E-state index in [4.69, 9.17) is 18.8 Å². The molecule has 0 bridgehead atoms. The molecule has 0 N–H and O–H groups in total. The molecule has 10 aromatic rings. The van der Waals surface area contributed by atoms with Gasteiger partial charge in [-0.1, -0.05) is 109 Å². The fourth-order valence-corrected chi connectivity index (χ4v) is 6.94. The molecule has 4 heteroatoms. The molecular weight excluding hydrogens is 564 g/mol. The maximum absolute atomic E-state index is 6.55. The lowest BCUT2D eigenvalue weighted by Crippen LogP contribution is -1.96. The van der Waals surface area contributed by atoms with Gasteiger partial charge >= 0.3 is 0 Å². The Morgan fingerprint density at radius 1 is 0.391 bits per heavy atom. The Hall–Kier alpha value is -6.26. The Kier molecular flexibility index (Phi) is 5.25. The third-order valence-electron chi connectivity index (χ3n) is 9.08. The topological polar surface area (TPSA) is 52.1 Å². The molecule has 0 saturated carbocycles. The van der Waals surface area contributed by atoms with Crippen LogP contribution in [0.2, 0.25) is 0 Å². The summed E-state index contributed by atoms with van der Waals surface area (Å²) < 4.78 is 12.8. The summed E-state index contributed by atoms with van der Waals surface area (Å²) >= 11 is 0. The van der Waals surface area contributed by atoms with E-state index in [-0.39, 0.29) is 0 Å². The van der Waals surface area contributed by atoms with Crippen LogP contribution in [-0.2, 0) is 0 Å². The van der Waals surface area contributed by atoms with E-state index in [0.29, 0.717) is 5.82 Å². The Balaban J connectivity index is 1.28. The molecule has 46 heavy (non-hydrogen) atoms. The van der Waals surface area contributed by atoms with E-state index >= 15 is 0 Å². The number of fused-ring (bicyclic) bond motifs is 9. The number of aromatic nitrogens is 2.